The predicted octanol–water partition coefficient (Wildman–Crippen LogP) is 3.19. The van der Waals surface area contributed by atoms with E-state index in [9.17, 15) is 39.2 Å². The third-order valence-electron chi connectivity index (χ3n) is 12.3. The molecule has 0 aromatic heterocycles. The highest BCUT2D eigenvalue weighted by molar-refractivity contribution is 5.90. The number of amides is 5. The number of phenolic OH excluding ortho intramolecular Hbond substituents is 1. The monoisotopic (exact) mass is 862 g/mol. The van der Waals surface area contributed by atoms with E-state index in [1.807, 2.05) is 41.5 Å². The fourth-order valence-corrected chi connectivity index (χ4v) is 8.57. The molecule has 2 fully saturated rings. The Kier molecular flexibility index (Phi) is 19.8. The highest BCUT2D eigenvalue weighted by Crippen LogP contribution is 2.31. The molecule has 18 nitrogen and oxygen atoms in total. The third-order valence-corrected chi connectivity index (χ3v) is 12.3. The number of methoxy groups -OCH3 is 2. The van der Waals surface area contributed by atoms with Gasteiger partial charge in [0.2, 0.25) is 23.6 Å². The Morgan fingerprint density at radius 2 is 1.64 bits per heavy atom. The van der Waals surface area contributed by atoms with Crippen LogP contribution >= 0.6 is 0 Å². The lowest BCUT2D eigenvalue weighted by molar-refractivity contribution is -0.385. The van der Waals surface area contributed by atoms with Gasteiger partial charge >= 0.3 is 5.69 Å². The van der Waals surface area contributed by atoms with Gasteiger partial charge < -0.3 is 40.3 Å². The van der Waals surface area contributed by atoms with Gasteiger partial charge in [-0.2, -0.15) is 0 Å². The minimum Gasteiger partial charge on any atom is -0.502 e. The number of nitrogens with one attached hydrogen (secondary N) is 3. The molecule has 61 heavy (non-hydrogen) atoms. The summed E-state index contributed by atoms with van der Waals surface area (Å²) in [6.45, 7) is 14.3. The smallest absolute Gasteiger partial charge is 0.310 e. The fourth-order valence-electron chi connectivity index (χ4n) is 8.57. The van der Waals surface area contributed by atoms with Crippen LogP contribution in [-0.2, 0) is 44.7 Å². The highest BCUT2D eigenvalue weighted by atomic mass is 16.7. The first-order chi connectivity index (χ1) is 28.8. The van der Waals surface area contributed by atoms with E-state index in [4.69, 9.17) is 14.3 Å². The van der Waals surface area contributed by atoms with Gasteiger partial charge in [-0.1, -0.05) is 61.0 Å². The second-order valence-electron chi connectivity index (χ2n) is 17.2. The van der Waals surface area contributed by atoms with Gasteiger partial charge in [-0.15, -0.1) is 0 Å². The number of nitrogens with zero attached hydrogens (tertiary/aromatic N) is 4. The van der Waals surface area contributed by atoms with Crippen LogP contribution < -0.4 is 16.0 Å². The van der Waals surface area contributed by atoms with Crippen molar-refractivity contribution >= 4 is 35.2 Å². The molecule has 2 heterocycles. The molecule has 0 radical (unpaired) electrons. The zero-order valence-electron chi connectivity index (χ0n) is 38.0. The maximum atomic E-state index is 14.3. The second kappa shape index (κ2) is 23.7. The Morgan fingerprint density at radius 3 is 2.18 bits per heavy atom. The van der Waals surface area contributed by atoms with Crippen LogP contribution in [0.4, 0.5) is 5.69 Å². The van der Waals surface area contributed by atoms with E-state index in [1.54, 1.807) is 30.8 Å². The quantitative estimate of drug-likeness (QED) is 0.0976. The minimum absolute atomic E-state index is 0.00255. The summed E-state index contributed by atoms with van der Waals surface area (Å²) in [4.78, 5) is 89.4. The second-order valence-corrected chi connectivity index (χ2v) is 17.2. The van der Waals surface area contributed by atoms with Gasteiger partial charge in [0, 0.05) is 46.8 Å². The molecule has 2 saturated heterocycles. The van der Waals surface area contributed by atoms with E-state index >= 15 is 0 Å². The van der Waals surface area contributed by atoms with Crippen LogP contribution in [0.25, 0.3) is 0 Å². The lowest BCUT2D eigenvalue weighted by Gasteiger charge is -2.41. The molecule has 1 aromatic rings. The molecule has 2 aliphatic rings. The number of hydrogen-bond acceptors (Lipinski definition) is 12. The van der Waals surface area contributed by atoms with Crippen molar-refractivity contribution in [2.45, 2.75) is 136 Å². The topological polar surface area (TPSA) is 222 Å². The van der Waals surface area contributed by atoms with E-state index in [0.717, 1.165) is 6.42 Å². The number of hydroxylamine groups is 2. The summed E-state index contributed by atoms with van der Waals surface area (Å²) in [6.07, 6.45) is 1.70. The number of benzene rings is 1. The fraction of sp³-hybridized carbons (Fsp3) is 0.744. The van der Waals surface area contributed by atoms with Gasteiger partial charge in [0.05, 0.1) is 54.2 Å². The average Bonchev–Trinajstić information content (AvgIpc) is 3.72. The Hall–Kier alpha value is -4.39. The Labute approximate surface area is 360 Å². The maximum absolute atomic E-state index is 14.3. The number of aromatic hydroxyl groups is 1. The summed E-state index contributed by atoms with van der Waals surface area (Å²) in [5, 5.41) is 31.6. The third kappa shape index (κ3) is 13.1. The zero-order chi connectivity index (χ0) is 45.7. The van der Waals surface area contributed by atoms with Crippen molar-refractivity contribution in [2.24, 2.45) is 23.7 Å². The van der Waals surface area contributed by atoms with Crippen molar-refractivity contribution < 1.29 is 48.3 Å². The minimum atomic E-state index is -1.17. The lowest BCUT2D eigenvalue weighted by Crippen LogP contribution is -2.59. The molecule has 9 atom stereocenters. The van der Waals surface area contributed by atoms with Crippen molar-refractivity contribution in [3.63, 3.8) is 0 Å². The van der Waals surface area contributed by atoms with Crippen molar-refractivity contribution in [3.05, 3.63) is 33.9 Å². The Morgan fingerprint density at radius 1 is 0.967 bits per heavy atom. The molecule has 0 bridgehead atoms. The first kappa shape index (κ1) is 51.0. The van der Waals surface area contributed by atoms with E-state index in [1.165, 1.54) is 37.5 Å². The van der Waals surface area contributed by atoms with E-state index in [2.05, 4.69) is 16.0 Å². The largest absolute Gasteiger partial charge is 0.502 e. The molecule has 0 unspecified atom stereocenters. The van der Waals surface area contributed by atoms with Crippen LogP contribution in [0.5, 0.6) is 5.75 Å². The number of hydrogen-bond donors (Lipinski definition) is 4. The van der Waals surface area contributed by atoms with Crippen molar-refractivity contribution in [2.75, 3.05) is 48.0 Å². The van der Waals surface area contributed by atoms with Gasteiger partial charge in [-0.3, -0.25) is 38.9 Å². The van der Waals surface area contributed by atoms with Gasteiger partial charge in [-0.05, 0) is 62.1 Å². The summed E-state index contributed by atoms with van der Waals surface area (Å²) in [5.41, 5.74) is -0.182. The summed E-state index contributed by atoms with van der Waals surface area (Å²) < 4.78 is 12.0. The normalized spacial score (nSPS) is 19.7. The number of likely N-dealkylation sites (N-methyl/N-ethyl adjacent to an activating group) is 2. The van der Waals surface area contributed by atoms with Crippen LogP contribution in [0.3, 0.4) is 0 Å². The molecular weight excluding hydrogens is 791 g/mol. The number of carbonyl (C=O) groups is 5. The Balaban J connectivity index is 1.83. The molecule has 2 aliphatic heterocycles. The number of rotatable bonds is 22. The molecule has 18 heteroatoms. The highest BCUT2D eigenvalue weighted by Gasteiger charge is 2.44. The average molecular weight is 862 g/mol. The van der Waals surface area contributed by atoms with Crippen molar-refractivity contribution in [1.29, 1.82) is 0 Å². The summed E-state index contributed by atoms with van der Waals surface area (Å²) >= 11 is 0. The Bertz CT molecular complexity index is 1660. The molecule has 5 amide bonds. The van der Waals surface area contributed by atoms with Crippen LogP contribution in [-0.4, -0.2) is 145 Å². The molecule has 344 valence electrons. The number of ether oxygens (including phenoxy) is 2. The van der Waals surface area contributed by atoms with E-state index in [0.29, 0.717) is 50.9 Å². The molecular formula is C43H71N7O11. The van der Waals surface area contributed by atoms with Crippen molar-refractivity contribution in [3.8, 4) is 5.75 Å². The van der Waals surface area contributed by atoms with Gasteiger partial charge in [0.15, 0.2) is 5.75 Å². The standard InChI is InChI=1S/C43H71N7O11/c1-12-27(6)38(47(9)43(56)37(26(4)5)46-41(54)36(44-8)25(2)3)34(59-10)24-35(52)48-19-15-16-31(48)39(60-11)28(7)40(53)45-30(42(55)49-20-13-14-21-61-49)22-29-17-18-33(51)32(23-29)50(57)58/h17-18,23,25-28,30-31,34,36-39,44,51H,12-16,19-22,24H2,1-11H3,(H,45,53)(H,46,54)/t27-,28+,30-,31-,34+,36-,37-,38-,39+/m0/s1. The first-order valence-corrected chi connectivity index (χ1v) is 21.6. The summed E-state index contributed by atoms with van der Waals surface area (Å²) in [7, 11) is 6.38. The van der Waals surface area contributed by atoms with E-state index in [-0.39, 0.29) is 48.3 Å². The number of likely N-dealkylation sites (tertiary alicyclic amines) is 1. The van der Waals surface area contributed by atoms with Gasteiger partial charge in [0.25, 0.3) is 5.91 Å². The predicted molar refractivity (Wildman–Crippen MR) is 228 cm³/mol. The molecule has 3 rings (SSSR count). The van der Waals surface area contributed by atoms with Crippen LogP contribution in [0.15, 0.2) is 18.2 Å². The number of nitro groups is 1. The van der Waals surface area contributed by atoms with Crippen LogP contribution in [0.1, 0.15) is 92.6 Å². The molecule has 0 aliphatic carbocycles. The first-order valence-electron chi connectivity index (χ1n) is 21.6. The maximum Gasteiger partial charge on any atom is 0.310 e. The van der Waals surface area contributed by atoms with Crippen LogP contribution in [0.2, 0.25) is 0 Å². The molecule has 0 saturated carbocycles. The zero-order valence-corrected chi connectivity index (χ0v) is 38.0. The number of phenols is 1. The molecule has 4 N–H and O–H groups in total. The number of carbonyl (C=O) groups excluding carboxylic acids is 5. The van der Waals surface area contributed by atoms with Crippen LogP contribution in [0, 0.1) is 33.8 Å². The molecule has 0 spiro atoms. The lowest BCUT2D eigenvalue weighted by atomic mass is 9.89. The van der Waals surface area contributed by atoms with Crippen molar-refractivity contribution in [1.82, 2.24) is 30.8 Å². The molecule has 1 aromatic carbocycles. The van der Waals surface area contributed by atoms with E-state index < -0.39 is 76.5 Å². The summed E-state index contributed by atoms with van der Waals surface area (Å²) in [6, 6.07) is 0.311. The number of nitro benzene ring substituents is 1. The van der Waals surface area contributed by atoms with Gasteiger partial charge in [-0.25, -0.2) is 5.06 Å². The summed E-state index contributed by atoms with van der Waals surface area (Å²) in [5.74, 6) is -3.52. The SMILES string of the molecule is CC[C@H](C)[C@@H]([C@@H](CC(=O)N1CCC[C@H]1[C@H](OC)[C@@H](C)C(=O)N[C@@H](Cc1ccc(O)c([N+](=O)[O-])c1)C(=O)N1CCCCO1)OC)N(C)C(=O)[C@@H](NC(=O)[C@@H](NC)C(C)C)C(C)C. The van der Waals surface area contributed by atoms with Gasteiger partial charge in [0.1, 0.15) is 12.1 Å².